The van der Waals surface area contributed by atoms with Gasteiger partial charge in [-0.2, -0.15) is 0 Å². The zero-order valence-corrected chi connectivity index (χ0v) is 14.7. The van der Waals surface area contributed by atoms with Crippen molar-refractivity contribution < 1.29 is 0 Å². The van der Waals surface area contributed by atoms with Crippen LogP contribution in [0.2, 0.25) is 0 Å². The summed E-state index contributed by atoms with van der Waals surface area (Å²) >= 11 is 1.72. The van der Waals surface area contributed by atoms with E-state index in [4.69, 9.17) is 5.73 Å². The van der Waals surface area contributed by atoms with Crippen molar-refractivity contribution in [3.8, 4) is 10.4 Å². The van der Waals surface area contributed by atoms with Gasteiger partial charge in [0.2, 0.25) is 0 Å². The number of rotatable bonds is 3. The Balaban J connectivity index is 1.57. The second-order valence-electron chi connectivity index (χ2n) is 6.21. The van der Waals surface area contributed by atoms with Gasteiger partial charge in [0.15, 0.2) is 0 Å². The van der Waals surface area contributed by atoms with Crippen LogP contribution in [-0.2, 0) is 0 Å². The summed E-state index contributed by atoms with van der Waals surface area (Å²) in [5.41, 5.74) is 12.1. The molecule has 0 saturated carbocycles. The first kappa shape index (κ1) is 15.0. The summed E-state index contributed by atoms with van der Waals surface area (Å²) in [6.07, 6.45) is 3.80. The van der Waals surface area contributed by atoms with Crippen LogP contribution in [0.25, 0.3) is 31.6 Å². The molecular formula is C21H16N4S. The van der Waals surface area contributed by atoms with Gasteiger partial charge in [-0.3, -0.25) is 4.98 Å². The Morgan fingerprint density at radius 1 is 1.00 bits per heavy atom. The number of nitrogens with two attached hydrogens (primary N) is 1. The van der Waals surface area contributed by atoms with E-state index < -0.39 is 0 Å². The Hall–Kier alpha value is -3.31. The summed E-state index contributed by atoms with van der Waals surface area (Å²) in [6.45, 7) is 0. The van der Waals surface area contributed by atoms with Crippen molar-refractivity contribution in [1.82, 2.24) is 9.97 Å². The number of H-pyrrole nitrogens is 1. The van der Waals surface area contributed by atoms with Gasteiger partial charge in [-0.05, 0) is 54.1 Å². The Labute approximate surface area is 154 Å². The lowest BCUT2D eigenvalue weighted by molar-refractivity contribution is 1.42. The number of nitrogen functional groups attached to an aromatic ring is 1. The van der Waals surface area contributed by atoms with Crippen molar-refractivity contribution in [3.05, 3.63) is 73.1 Å². The number of hydrogen-bond donors (Lipinski definition) is 3. The molecule has 0 aliphatic carbocycles. The number of benzene rings is 2. The van der Waals surface area contributed by atoms with Gasteiger partial charge in [0.1, 0.15) is 0 Å². The van der Waals surface area contributed by atoms with Crippen LogP contribution in [0.3, 0.4) is 0 Å². The van der Waals surface area contributed by atoms with Gasteiger partial charge >= 0.3 is 0 Å². The van der Waals surface area contributed by atoms with Crippen molar-refractivity contribution in [2.45, 2.75) is 0 Å². The molecule has 0 amide bonds. The van der Waals surface area contributed by atoms with Gasteiger partial charge in [-0.15, -0.1) is 11.3 Å². The number of thiophene rings is 1. The maximum absolute atomic E-state index is 5.93. The van der Waals surface area contributed by atoms with Crippen molar-refractivity contribution >= 4 is 49.5 Å². The van der Waals surface area contributed by atoms with Gasteiger partial charge in [-0.25, -0.2) is 0 Å². The topological polar surface area (TPSA) is 66.7 Å². The maximum Gasteiger partial charge on any atom is 0.0837 e. The molecule has 5 rings (SSSR count). The fourth-order valence-electron chi connectivity index (χ4n) is 3.16. The summed E-state index contributed by atoms with van der Waals surface area (Å²) in [5.74, 6) is 0. The second kappa shape index (κ2) is 5.89. The van der Waals surface area contributed by atoms with Crippen LogP contribution in [0.4, 0.5) is 17.1 Å². The van der Waals surface area contributed by atoms with E-state index in [0.717, 1.165) is 43.2 Å². The van der Waals surface area contributed by atoms with E-state index in [0.29, 0.717) is 0 Å². The van der Waals surface area contributed by atoms with E-state index in [1.165, 1.54) is 5.39 Å². The number of nitrogens with one attached hydrogen (secondary N) is 2. The number of aromatic nitrogens is 2. The predicted octanol–water partition coefficient (Wildman–Crippen LogP) is 5.77. The van der Waals surface area contributed by atoms with Crippen LogP contribution in [0.5, 0.6) is 0 Å². The molecule has 26 heavy (non-hydrogen) atoms. The molecule has 4 nitrogen and oxygen atoms in total. The maximum atomic E-state index is 5.93. The molecule has 3 aromatic heterocycles. The molecule has 126 valence electrons. The summed E-state index contributed by atoms with van der Waals surface area (Å²) in [5, 5.41) is 4.72. The summed E-state index contributed by atoms with van der Waals surface area (Å²) in [6, 6.07) is 20.5. The van der Waals surface area contributed by atoms with Gasteiger partial charge in [0.05, 0.1) is 15.9 Å². The standard InChI is InChI=1S/C21H16N4S/c22-15-3-1-2-14(10-15)20-12-19-21(26-20)18(7-9-24-19)25-16-4-5-17-13(11-16)6-8-23-17/h1-12,23H,22H2,(H,24,25). The number of pyridine rings is 1. The van der Waals surface area contributed by atoms with Gasteiger partial charge in [0.25, 0.3) is 0 Å². The molecule has 0 aliphatic rings. The first-order chi connectivity index (χ1) is 12.8. The molecule has 3 heterocycles. The third-order valence-electron chi connectivity index (χ3n) is 4.42. The Morgan fingerprint density at radius 3 is 2.88 bits per heavy atom. The van der Waals surface area contributed by atoms with Crippen molar-refractivity contribution in [3.63, 3.8) is 0 Å². The van der Waals surface area contributed by atoms with Crippen molar-refractivity contribution in [2.75, 3.05) is 11.1 Å². The van der Waals surface area contributed by atoms with Gasteiger partial charge in [-0.1, -0.05) is 12.1 Å². The quantitative estimate of drug-likeness (QED) is 0.359. The number of hydrogen-bond acceptors (Lipinski definition) is 4. The lowest BCUT2D eigenvalue weighted by Crippen LogP contribution is -1.90. The summed E-state index contributed by atoms with van der Waals surface area (Å²) in [7, 11) is 0. The SMILES string of the molecule is Nc1cccc(-c2cc3nccc(Nc4ccc5[nH]ccc5c4)c3s2)c1. The summed E-state index contributed by atoms with van der Waals surface area (Å²) in [4.78, 5) is 8.91. The van der Waals surface area contributed by atoms with Crippen LogP contribution in [0.1, 0.15) is 0 Å². The summed E-state index contributed by atoms with van der Waals surface area (Å²) < 4.78 is 1.14. The Bertz CT molecular complexity index is 1240. The highest BCUT2D eigenvalue weighted by atomic mass is 32.1. The van der Waals surface area contributed by atoms with E-state index in [9.17, 15) is 0 Å². The van der Waals surface area contributed by atoms with Crippen LogP contribution in [0.15, 0.2) is 73.1 Å². The van der Waals surface area contributed by atoms with Gasteiger partial charge < -0.3 is 16.0 Å². The minimum atomic E-state index is 0.770. The molecule has 0 bridgehead atoms. The molecule has 0 aliphatic heterocycles. The Morgan fingerprint density at radius 2 is 1.96 bits per heavy atom. The van der Waals surface area contributed by atoms with Crippen molar-refractivity contribution in [1.29, 1.82) is 0 Å². The molecule has 0 radical (unpaired) electrons. The average molecular weight is 356 g/mol. The third kappa shape index (κ3) is 2.59. The fraction of sp³-hybridized carbons (Fsp3) is 0. The molecule has 5 heteroatoms. The van der Waals surface area contributed by atoms with Crippen LogP contribution < -0.4 is 11.1 Å². The third-order valence-corrected chi connectivity index (χ3v) is 5.62. The van der Waals surface area contributed by atoms with E-state index >= 15 is 0 Å². The predicted molar refractivity (Wildman–Crippen MR) is 111 cm³/mol. The lowest BCUT2D eigenvalue weighted by atomic mass is 10.1. The fourth-order valence-corrected chi connectivity index (χ4v) is 4.24. The van der Waals surface area contributed by atoms with E-state index in [2.05, 4.69) is 51.7 Å². The highest BCUT2D eigenvalue weighted by molar-refractivity contribution is 7.22. The zero-order chi connectivity index (χ0) is 17.5. The van der Waals surface area contributed by atoms with Crippen LogP contribution in [-0.4, -0.2) is 9.97 Å². The highest BCUT2D eigenvalue weighted by Crippen LogP contribution is 2.38. The minimum absolute atomic E-state index is 0.770. The largest absolute Gasteiger partial charge is 0.399 e. The first-order valence-corrected chi connectivity index (χ1v) is 9.16. The monoisotopic (exact) mass is 356 g/mol. The highest BCUT2D eigenvalue weighted by Gasteiger charge is 2.10. The van der Waals surface area contributed by atoms with E-state index in [-0.39, 0.29) is 0 Å². The molecule has 0 atom stereocenters. The number of aromatic amines is 1. The van der Waals surface area contributed by atoms with Crippen LogP contribution in [0, 0.1) is 0 Å². The Kier molecular flexibility index (Phi) is 3.40. The number of fused-ring (bicyclic) bond motifs is 2. The van der Waals surface area contributed by atoms with E-state index in [1.807, 2.05) is 36.7 Å². The first-order valence-electron chi connectivity index (χ1n) is 8.35. The molecule has 4 N–H and O–H groups in total. The molecule has 0 saturated heterocycles. The molecule has 0 unspecified atom stereocenters. The minimum Gasteiger partial charge on any atom is -0.399 e. The molecule has 0 spiro atoms. The van der Waals surface area contributed by atoms with Crippen LogP contribution >= 0.6 is 11.3 Å². The molecule has 2 aromatic carbocycles. The molecular weight excluding hydrogens is 340 g/mol. The van der Waals surface area contributed by atoms with Gasteiger partial charge in [0, 0.05) is 39.5 Å². The number of nitrogens with zero attached hydrogens (tertiary/aromatic N) is 1. The average Bonchev–Trinajstić information content (AvgIpc) is 3.28. The normalized spacial score (nSPS) is 11.2. The molecule has 5 aromatic rings. The van der Waals surface area contributed by atoms with E-state index in [1.54, 1.807) is 11.3 Å². The lowest BCUT2D eigenvalue weighted by Gasteiger charge is -2.07. The second-order valence-corrected chi connectivity index (χ2v) is 7.27. The zero-order valence-electron chi connectivity index (χ0n) is 13.9. The smallest absolute Gasteiger partial charge is 0.0837 e. The number of anilines is 3. The van der Waals surface area contributed by atoms with Crippen molar-refractivity contribution in [2.24, 2.45) is 0 Å². The molecule has 0 fully saturated rings.